The number of rotatable bonds is 3. The Kier molecular flexibility index (Phi) is 3.69. The normalized spacial score (nSPS) is 15.2. The second-order valence-electron chi connectivity index (χ2n) is 3.99. The molecule has 0 amide bonds. The highest BCUT2D eigenvalue weighted by Crippen LogP contribution is 2.25. The van der Waals surface area contributed by atoms with Crippen molar-refractivity contribution in [2.24, 2.45) is 0 Å². The Hall–Kier alpha value is -1.07. The van der Waals surface area contributed by atoms with E-state index in [4.69, 9.17) is 9.47 Å². The van der Waals surface area contributed by atoms with Gasteiger partial charge >= 0.3 is 5.97 Å². The number of benzene rings is 1. The van der Waals surface area contributed by atoms with E-state index in [0.29, 0.717) is 11.6 Å². The van der Waals surface area contributed by atoms with E-state index in [1.165, 1.54) is 7.11 Å². The molecule has 1 aliphatic rings. The van der Waals surface area contributed by atoms with Crippen molar-refractivity contribution in [3.05, 3.63) is 28.2 Å². The molecule has 5 heteroatoms. The van der Waals surface area contributed by atoms with Crippen molar-refractivity contribution >= 4 is 27.6 Å². The molecule has 1 aromatic carbocycles. The summed E-state index contributed by atoms with van der Waals surface area (Å²) in [5.41, 5.74) is 1.53. The van der Waals surface area contributed by atoms with Crippen molar-refractivity contribution in [3.8, 4) is 0 Å². The Balaban J connectivity index is 2.27. The van der Waals surface area contributed by atoms with Crippen LogP contribution in [0.5, 0.6) is 0 Å². The molecule has 1 aromatic rings. The molecule has 17 heavy (non-hydrogen) atoms. The van der Waals surface area contributed by atoms with Gasteiger partial charge in [-0.25, -0.2) is 4.79 Å². The molecule has 0 aromatic heterocycles. The SMILES string of the molecule is COC(=O)c1cc(Br)cc(N(C)C2COC2)c1. The number of nitrogens with zero attached hydrogens (tertiary/aromatic N) is 1. The van der Waals surface area contributed by atoms with Crippen LogP contribution in [0.25, 0.3) is 0 Å². The molecule has 2 rings (SSSR count). The lowest BCUT2D eigenvalue weighted by atomic mass is 10.1. The Morgan fingerprint density at radius 1 is 1.47 bits per heavy atom. The molecule has 0 atom stereocenters. The molecule has 1 saturated heterocycles. The van der Waals surface area contributed by atoms with Gasteiger partial charge < -0.3 is 14.4 Å². The Labute approximate surface area is 109 Å². The maximum Gasteiger partial charge on any atom is 0.337 e. The highest BCUT2D eigenvalue weighted by molar-refractivity contribution is 9.10. The third-order valence-electron chi connectivity index (χ3n) is 2.88. The fourth-order valence-electron chi connectivity index (χ4n) is 1.67. The average molecular weight is 300 g/mol. The fraction of sp³-hybridized carbons (Fsp3) is 0.417. The lowest BCUT2D eigenvalue weighted by Crippen LogP contribution is -2.47. The summed E-state index contributed by atoms with van der Waals surface area (Å²) in [5.74, 6) is -0.328. The second-order valence-corrected chi connectivity index (χ2v) is 4.91. The number of ether oxygens (including phenoxy) is 2. The van der Waals surface area contributed by atoms with Gasteiger partial charge in [0.25, 0.3) is 0 Å². The van der Waals surface area contributed by atoms with Crippen LogP contribution in [0.3, 0.4) is 0 Å². The van der Waals surface area contributed by atoms with E-state index in [1.54, 1.807) is 6.07 Å². The highest BCUT2D eigenvalue weighted by atomic mass is 79.9. The number of esters is 1. The van der Waals surface area contributed by atoms with Crippen LogP contribution in [0.15, 0.2) is 22.7 Å². The predicted octanol–water partition coefficient (Wildman–Crippen LogP) is 2.07. The van der Waals surface area contributed by atoms with Crippen LogP contribution in [0, 0.1) is 0 Å². The minimum atomic E-state index is -0.328. The zero-order valence-corrected chi connectivity index (χ0v) is 11.4. The molecule has 0 unspecified atom stereocenters. The van der Waals surface area contributed by atoms with Crippen LogP contribution in [0.1, 0.15) is 10.4 Å². The molecule has 1 heterocycles. The molecular weight excluding hydrogens is 286 g/mol. The smallest absolute Gasteiger partial charge is 0.337 e. The first kappa shape index (κ1) is 12.4. The molecule has 92 valence electrons. The van der Waals surface area contributed by atoms with Gasteiger partial charge in [-0.05, 0) is 18.2 Å². The first-order valence-electron chi connectivity index (χ1n) is 5.31. The molecule has 1 fully saturated rings. The summed E-state index contributed by atoms with van der Waals surface area (Å²) in [6, 6.07) is 5.94. The summed E-state index contributed by atoms with van der Waals surface area (Å²) in [7, 11) is 3.38. The number of carbonyl (C=O) groups is 1. The minimum Gasteiger partial charge on any atom is -0.465 e. The third-order valence-corrected chi connectivity index (χ3v) is 3.34. The van der Waals surface area contributed by atoms with E-state index in [9.17, 15) is 4.79 Å². The number of methoxy groups -OCH3 is 1. The molecule has 0 N–H and O–H groups in total. The van der Waals surface area contributed by atoms with Gasteiger partial charge in [-0.2, -0.15) is 0 Å². The third kappa shape index (κ3) is 2.61. The van der Waals surface area contributed by atoms with Crippen LogP contribution in [-0.2, 0) is 9.47 Å². The number of carbonyl (C=O) groups excluding carboxylic acids is 1. The van der Waals surface area contributed by atoms with Crippen LogP contribution in [-0.4, -0.2) is 39.4 Å². The molecule has 0 saturated carbocycles. The average Bonchev–Trinajstić information content (AvgIpc) is 2.24. The monoisotopic (exact) mass is 299 g/mol. The van der Waals surface area contributed by atoms with E-state index >= 15 is 0 Å². The van der Waals surface area contributed by atoms with Crippen molar-refractivity contribution < 1.29 is 14.3 Å². The van der Waals surface area contributed by atoms with E-state index in [1.807, 2.05) is 19.2 Å². The Bertz CT molecular complexity index is 432. The summed E-state index contributed by atoms with van der Waals surface area (Å²) in [6.45, 7) is 1.47. The van der Waals surface area contributed by atoms with Crippen molar-refractivity contribution in [3.63, 3.8) is 0 Å². The lowest BCUT2D eigenvalue weighted by molar-refractivity contribution is 0.0101. The van der Waals surface area contributed by atoms with Gasteiger partial charge in [0.15, 0.2) is 0 Å². The maximum absolute atomic E-state index is 11.5. The summed E-state index contributed by atoms with van der Waals surface area (Å²) in [4.78, 5) is 13.6. The zero-order valence-electron chi connectivity index (χ0n) is 9.77. The number of halogens is 1. The molecule has 4 nitrogen and oxygen atoms in total. The van der Waals surface area contributed by atoms with Gasteiger partial charge in [-0.3, -0.25) is 0 Å². The molecule has 0 aliphatic carbocycles. The quantitative estimate of drug-likeness (QED) is 0.801. The van der Waals surface area contributed by atoms with E-state index < -0.39 is 0 Å². The van der Waals surface area contributed by atoms with Gasteiger partial charge in [-0.15, -0.1) is 0 Å². The highest BCUT2D eigenvalue weighted by Gasteiger charge is 2.24. The second kappa shape index (κ2) is 5.06. The van der Waals surface area contributed by atoms with Gasteiger partial charge in [0.05, 0.1) is 31.9 Å². The summed E-state index contributed by atoms with van der Waals surface area (Å²) < 4.78 is 10.7. The predicted molar refractivity (Wildman–Crippen MR) is 68.5 cm³/mol. The van der Waals surface area contributed by atoms with Crippen molar-refractivity contribution in [2.45, 2.75) is 6.04 Å². The first-order valence-corrected chi connectivity index (χ1v) is 6.10. The van der Waals surface area contributed by atoms with Gasteiger partial charge in [0.1, 0.15) is 0 Å². The van der Waals surface area contributed by atoms with Crippen LogP contribution >= 0.6 is 15.9 Å². The summed E-state index contributed by atoms with van der Waals surface area (Å²) in [5, 5.41) is 0. The Morgan fingerprint density at radius 2 is 2.18 bits per heavy atom. The van der Waals surface area contributed by atoms with Crippen molar-refractivity contribution in [1.82, 2.24) is 0 Å². The molecular formula is C12H14BrNO3. The minimum absolute atomic E-state index is 0.328. The summed E-state index contributed by atoms with van der Waals surface area (Å²) in [6.07, 6.45) is 0. The van der Waals surface area contributed by atoms with Crippen LogP contribution in [0.4, 0.5) is 5.69 Å². The van der Waals surface area contributed by atoms with Gasteiger partial charge in [0.2, 0.25) is 0 Å². The first-order chi connectivity index (χ1) is 8.11. The van der Waals surface area contributed by atoms with Crippen molar-refractivity contribution in [2.75, 3.05) is 32.3 Å². The molecule has 0 radical (unpaired) electrons. The molecule has 1 aliphatic heterocycles. The number of anilines is 1. The van der Waals surface area contributed by atoms with Gasteiger partial charge in [0, 0.05) is 17.2 Å². The van der Waals surface area contributed by atoms with E-state index in [0.717, 1.165) is 23.4 Å². The summed E-state index contributed by atoms with van der Waals surface area (Å²) >= 11 is 3.40. The van der Waals surface area contributed by atoms with Crippen molar-refractivity contribution in [1.29, 1.82) is 0 Å². The van der Waals surface area contributed by atoms with E-state index in [2.05, 4.69) is 20.8 Å². The van der Waals surface area contributed by atoms with E-state index in [-0.39, 0.29) is 5.97 Å². The molecule has 0 bridgehead atoms. The largest absolute Gasteiger partial charge is 0.465 e. The lowest BCUT2D eigenvalue weighted by Gasteiger charge is -2.36. The number of likely N-dealkylation sites (N-methyl/N-ethyl adjacent to an activating group) is 1. The zero-order chi connectivity index (χ0) is 12.4. The van der Waals surface area contributed by atoms with Gasteiger partial charge in [-0.1, -0.05) is 15.9 Å². The maximum atomic E-state index is 11.5. The molecule has 0 spiro atoms. The Morgan fingerprint density at radius 3 is 2.71 bits per heavy atom. The fourth-order valence-corrected chi connectivity index (χ4v) is 2.15. The number of hydrogen-bond donors (Lipinski definition) is 0. The number of hydrogen-bond acceptors (Lipinski definition) is 4. The topological polar surface area (TPSA) is 38.8 Å². The standard InChI is InChI=1S/C12H14BrNO3/c1-14(11-6-17-7-11)10-4-8(12(15)16-2)3-9(13)5-10/h3-5,11H,6-7H2,1-2H3. The van der Waals surface area contributed by atoms with Crippen LogP contribution in [0.2, 0.25) is 0 Å². The van der Waals surface area contributed by atoms with Crippen LogP contribution < -0.4 is 4.90 Å².